The van der Waals surface area contributed by atoms with E-state index in [1.54, 1.807) is 7.11 Å². The Balaban J connectivity index is 2.04. The van der Waals surface area contributed by atoms with Crippen molar-refractivity contribution in [1.29, 1.82) is 0 Å². The van der Waals surface area contributed by atoms with Gasteiger partial charge in [0, 0.05) is 17.5 Å². The third-order valence-electron chi connectivity index (χ3n) is 3.30. The van der Waals surface area contributed by atoms with Crippen molar-refractivity contribution in [3.05, 3.63) is 52.5 Å². The first-order chi connectivity index (χ1) is 9.22. The van der Waals surface area contributed by atoms with E-state index in [0.717, 1.165) is 10.2 Å². The fourth-order valence-corrected chi connectivity index (χ4v) is 4.24. The van der Waals surface area contributed by atoms with Crippen LogP contribution in [0.5, 0.6) is 5.75 Å². The zero-order chi connectivity index (χ0) is 13.4. The lowest BCUT2D eigenvalue weighted by Crippen LogP contribution is -2.17. The second kappa shape index (κ2) is 5.10. The van der Waals surface area contributed by atoms with E-state index >= 15 is 0 Å². The van der Waals surface area contributed by atoms with E-state index < -0.39 is 0 Å². The zero-order valence-corrected chi connectivity index (χ0v) is 13.2. The minimum absolute atomic E-state index is 0.254. The molecule has 2 aromatic carbocycles. The second-order valence-corrected chi connectivity index (χ2v) is 6.39. The van der Waals surface area contributed by atoms with Crippen LogP contribution in [0.3, 0.4) is 0 Å². The number of fused-ring (bicyclic) bond motifs is 1. The molecular formula is C15H14BrNOS. The maximum absolute atomic E-state index is 5.55. The first-order valence-electron chi connectivity index (χ1n) is 6.03. The summed E-state index contributed by atoms with van der Waals surface area (Å²) in [6.07, 6.45) is 0. The van der Waals surface area contributed by atoms with Crippen LogP contribution in [0.25, 0.3) is 0 Å². The fraction of sp³-hybridized carbons (Fsp3) is 0.200. The number of anilines is 1. The van der Waals surface area contributed by atoms with Gasteiger partial charge < -0.3 is 9.64 Å². The number of ether oxygens (including phenoxy) is 1. The number of thioether (sulfide) groups is 1. The average Bonchev–Trinajstić information content (AvgIpc) is 2.76. The van der Waals surface area contributed by atoms with Crippen LogP contribution in [0.1, 0.15) is 10.9 Å². The topological polar surface area (TPSA) is 12.5 Å². The molecule has 0 spiro atoms. The molecule has 3 rings (SSSR count). The maximum Gasteiger partial charge on any atom is 0.139 e. The van der Waals surface area contributed by atoms with E-state index in [9.17, 15) is 0 Å². The van der Waals surface area contributed by atoms with Gasteiger partial charge in [0.05, 0.1) is 17.3 Å². The van der Waals surface area contributed by atoms with E-state index in [4.69, 9.17) is 4.74 Å². The molecule has 0 radical (unpaired) electrons. The summed E-state index contributed by atoms with van der Waals surface area (Å²) in [5.41, 5.74) is 2.47. The molecule has 0 saturated carbocycles. The molecule has 1 atom stereocenters. The number of para-hydroxylation sites is 2. The van der Waals surface area contributed by atoms with Crippen LogP contribution in [0.2, 0.25) is 0 Å². The molecule has 98 valence electrons. The number of methoxy groups -OCH3 is 1. The van der Waals surface area contributed by atoms with Gasteiger partial charge in [-0.3, -0.25) is 0 Å². The molecule has 2 aromatic rings. The molecule has 1 heterocycles. The largest absolute Gasteiger partial charge is 0.495 e. The molecule has 0 saturated heterocycles. The lowest BCUT2D eigenvalue weighted by atomic mass is 10.1. The number of nitrogens with zero attached hydrogens (tertiary/aromatic N) is 1. The lowest BCUT2D eigenvalue weighted by molar-refractivity contribution is 0.406. The van der Waals surface area contributed by atoms with E-state index in [2.05, 4.69) is 64.3 Å². The van der Waals surface area contributed by atoms with Gasteiger partial charge in [0.1, 0.15) is 11.1 Å². The number of benzene rings is 2. The van der Waals surface area contributed by atoms with Crippen molar-refractivity contribution in [3.63, 3.8) is 0 Å². The highest BCUT2D eigenvalue weighted by Crippen LogP contribution is 2.52. The number of halogens is 1. The minimum Gasteiger partial charge on any atom is -0.495 e. The first kappa shape index (κ1) is 12.9. The normalized spacial score (nSPS) is 17.4. The highest BCUT2D eigenvalue weighted by molar-refractivity contribution is 9.10. The van der Waals surface area contributed by atoms with Crippen LogP contribution in [0, 0.1) is 0 Å². The molecule has 1 aliphatic rings. The van der Waals surface area contributed by atoms with Gasteiger partial charge in [0.25, 0.3) is 0 Å². The standard InChI is InChI=1S/C15H14BrNOS/c1-17-12-8-3-4-9-13(12)19-15(17)10-6-5-7-11(16)14(10)18-2/h3-9,15H,1-2H3. The Bertz CT molecular complexity index is 617. The summed E-state index contributed by atoms with van der Waals surface area (Å²) in [7, 11) is 3.85. The molecule has 0 fully saturated rings. The average molecular weight is 336 g/mol. The van der Waals surface area contributed by atoms with E-state index in [0.29, 0.717) is 0 Å². The molecule has 0 bridgehead atoms. The summed E-state index contributed by atoms with van der Waals surface area (Å²) in [5, 5.41) is 0.254. The Morgan fingerprint density at radius 3 is 2.68 bits per heavy atom. The number of hydrogen-bond acceptors (Lipinski definition) is 3. The number of rotatable bonds is 2. The summed E-state index contributed by atoms with van der Waals surface area (Å²) in [5.74, 6) is 0.916. The summed E-state index contributed by atoms with van der Waals surface area (Å²) in [6, 6.07) is 14.7. The molecule has 0 aliphatic carbocycles. The van der Waals surface area contributed by atoms with Crippen molar-refractivity contribution < 1.29 is 4.74 Å². The van der Waals surface area contributed by atoms with Gasteiger partial charge in [-0.1, -0.05) is 36.0 Å². The van der Waals surface area contributed by atoms with Crippen molar-refractivity contribution in [2.45, 2.75) is 10.3 Å². The lowest BCUT2D eigenvalue weighted by Gasteiger charge is -2.24. The third kappa shape index (κ3) is 2.13. The SMILES string of the molecule is COc1c(Br)cccc1C1Sc2ccccc2N1C. The van der Waals surface area contributed by atoms with Crippen LogP contribution < -0.4 is 9.64 Å². The van der Waals surface area contributed by atoms with Gasteiger partial charge in [0.2, 0.25) is 0 Å². The van der Waals surface area contributed by atoms with Crippen molar-refractivity contribution in [2.75, 3.05) is 19.1 Å². The highest BCUT2D eigenvalue weighted by atomic mass is 79.9. The second-order valence-electron chi connectivity index (χ2n) is 4.41. The maximum atomic E-state index is 5.55. The Morgan fingerprint density at radius 2 is 1.95 bits per heavy atom. The third-order valence-corrected chi connectivity index (χ3v) is 5.32. The molecular weight excluding hydrogens is 322 g/mol. The van der Waals surface area contributed by atoms with Crippen molar-refractivity contribution in [2.24, 2.45) is 0 Å². The van der Waals surface area contributed by atoms with Crippen molar-refractivity contribution >= 4 is 33.4 Å². The van der Waals surface area contributed by atoms with Gasteiger partial charge in [-0.2, -0.15) is 0 Å². The van der Waals surface area contributed by atoms with Crippen molar-refractivity contribution in [1.82, 2.24) is 0 Å². The van der Waals surface area contributed by atoms with Crippen LogP contribution in [0.4, 0.5) is 5.69 Å². The van der Waals surface area contributed by atoms with Crippen LogP contribution in [-0.2, 0) is 0 Å². The Hall–Kier alpha value is -1.13. The van der Waals surface area contributed by atoms with Crippen LogP contribution in [0.15, 0.2) is 51.8 Å². The number of hydrogen-bond donors (Lipinski definition) is 0. The summed E-state index contributed by atoms with van der Waals surface area (Å²) in [6.45, 7) is 0. The predicted octanol–water partition coefficient (Wildman–Crippen LogP) is 4.70. The van der Waals surface area contributed by atoms with Crippen LogP contribution >= 0.6 is 27.7 Å². The molecule has 1 unspecified atom stereocenters. The molecule has 0 aromatic heterocycles. The van der Waals surface area contributed by atoms with Gasteiger partial charge >= 0.3 is 0 Å². The van der Waals surface area contributed by atoms with Crippen molar-refractivity contribution in [3.8, 4) is 5.75 Å². The van der Waals surface area contributed by atoms with Crippen LogP contribution in [-0.4, -0.2) is 14.2 Å². The zero-order valence-electron chi connectivity index (χ0n) is 10.8. The smallest absolute Gasteiger partial charge is 0.139 e. The van der Waals surface area contributed by atoms with Gasteiger partial charge in [-0.25, -0.2) is 0 Å². The summed E-state index contributed by atoms with van der Waals surface area (Å²) in [4.78, 5) is 3.61. The predicted molar refractivity (Wildman–Crippen MR) is 84.1 cm³/mol. The van der Waals surface area contributed by atoms with Gasteiger partial charge in [0.15, 0.2) is 0 Å². The van der Waals surface area contributed by atoms with Gasteiger partial charge in [-0.05, 0) is 34.1 Å². The summed E-state index contributed by atoms with van der Waals surface area (Å²) < 4.78 is 6.55. The molecule has 1 aliphatic heterocycles. The molecule has 0 amide bonds. The summed E-state index contributed by atoms with van der Waals surface area (Å²) >= 11 is 5.42. The molecule has 4 heteroatoms. The van der Waals surface area contributed by atoms with Gasteiger partial charge in [-0.15, -0.1) is 0 Å². The Morgan fingerprint density at radius 1 is 1.16 bits per heavy atom. The quantitative estimate of drug-likeness (QED) is 0.789. The first-order valence-corrected chi connectivity index (χ1v) is 7.70. The molecule has 2 nitrogen and oxygen atoms in total. The molecule has 19 heavy (non-hydrogen) atoms. The fourth-order valence-electron chi connectivity index (χ4n) is 2.38. The highest BCUT2D eigenvalue weighted by Gasteiger charge is 2.30. The molecule has 0 N–H and O–H groups in total. The monoisotopic (exact) mass is 335 g/mol. The van der Waals surface area contributed by atoms with E-state index in [1.165, 1.54) is 16.1 Å². The Kier molecular flexibility index (Phi) is 3.46. The van der Waals surface area contributed by atoms with E-state index in [-0.39, 0.29) is 5.37 Å². The van der Waals surface area contributed by atoms with E-state index in [1.807, 2.05) is 17.8 Å². The minimum atomic E-state index is 0.254. The Labute approximate surface area is 125 Å².